The van der Waals surface area contributed by atoms with Gasteiger partial charge in [0.25, 0.3) is 0 Å². The summed E-state index contributed by atoms with van der Waals surface area (Å²) < 4.78 is 22.2. The normalized spacial score (nSPS) is 21.3. The molecule has 1 aliphatic heterocycles. The number of primary sulfonamides is 1. The number of hydrogen-bond donors (Lipinski definition) is 2. The SMILES string of the molecule is CN1CCC(NCc2ccc(S(N)(=O)=O)cc2)C1. The topological polar surface area (TPSA) is 75.4 Å². The second kappa shape index (κ2) is 5.36. The van der Waals surface area contributed by atoms with E-state index in [0.717, 1.165) is 31.6 Å². The smallest absolute Gasteiger partial charge is 0.238 e. The van der Waals surface area contributed by atoms with Gasteiger partial charge in [-0.15, -0.1) is 0 Å². The minimum absolute atomic E-state index is 0.159. The van der Waals surface area contributed by atoms with Gasteiger partial charge in [-0.3, -0.25) is 0 Å². The van der Waals surface area contributed by atoms with E-state index in [1.54, 1.807) is 24.3 Å². The molecule has 100 valence electrons. The summed E-state index contributed by atoms with van der Waals surface area (Å²) in [5, 5.41) is 8.51. The van der Waals surface area contributed by atoms with E-state index >= 15 is 0 Å². The largest absolute Gasteiger partial charge is 0.309 e. The summed E-state index contributed by atoms with van der Waals surface area (Å²) in [5.41, 5.74) is 1.07. The monoisotopic (exact) mass is 269 g/mol. The first-order chi connectivity index (χ1) is 8.45. The van der Waals surface area contributed by atoms with Crippen molar-refractivity contribution in [2.45, 2.75) is 23.9 Å². The molecule has 1 aliphatic rings. The van der Waals surface area contributed by atoms with Crippen molar-refractivity contribution in [1.82, 2.24) is 10.2 Å². The molecule has 2 rings (SSSR count). The lowest BCUT2D eigenvalue weighted by atomic mass is 10.2. The van der Waals surface area contributed by atoms with E-state index in [2.05, 4.69) is 17.3 Å². The van der Waals surface area contributed by atoms with Crippen LogP contribution < -0.4 is 10.5 Å². The highest BCUT2D eigenvalue weighted by molar-refractivity contribution is 7.89. The maximum Gasteiger partial charge on any atom is 0.238 e. The van der Waals surface area contributed by atoms with Crippen LogP contribution in [0.15, 0.2) is 29.2 Å². The van der Waals surface area contributed by atoms with E-state index in [0.29, 0.717) is 6.04 Å². The van der Waals surface area contributed by atoms with Crippen LogP contribution >= 0.6 is 0 Å². The molecule has 0 bridgehead atoms. The van der Waals surface area contributed by atoms with Crippen LogP contribution in [0.25, 0.3) is 0 Å². The Morgan fingerprint density at radius 3 is 2.56 bits per heavy atom. The number of likely N-dealkylation sites (tertiary alicyclic amines) is 1. The van der Waals surface area contributed by atoms with Crippen LogP contribution in [0, 0.1) is 0 Å². The number of rotatable bonds is 4. The van der Waals surface area contributed by atoms with Crippen LogP contribution in [0.3, 0.4) is 0 Å². The molecule has 0 spiro atoms. The number of nitrogens with two attached hydrogens (primary N) is 1. The van der Waals surface area contributed by atoms with Crippen molar-refractivity contribution >= 4 is 10.0 Å². The first-order valence-corrected chi connectivity index (χ1v) is 7.53. The second-order valence-corrected chi connectivity index (χ2v) is 6.38. The third-order valence-electron chi connectivity index (χ3n) is 3.24. The average Bonchev–Trinajstić information content (AvgIpc) is 2.72. The first-order valence-electron chi connectivity index (χ1n) is 5.99. The molecule has 0 saturated carbocycles. The molecule has 1 saturated heterocycles. The lowest BCUT2D eigenvalue weighted by Gasteiger charge is -2.12. The Balaban J connectivity index is 1.91. The molecular formula is C12H19N3O2S. The van der Waals surface area contributed by atoms with Crippen LogP contribution in [0.2, 0.25) is 0 Å². The van der Waals surface area contributed by atoms with Crippen LogP contribution in [0.1, 0.15) is 12.0 Å². The maximum atomic E-state index is 11.1. The number of benzene rings is 1. The van der Waals surface area contributed by atoms with Gasteiger partial charge in [0.2, 0.25) is 10.0 Å². The van der Waals surface area contributed by atoms with Crippen molar-refractivity contribution in [3.05, 3.63) is 29.8 Å². The minimum atomic E-state index is -3.58. The first kappa shape index (κ1) is 13.5. The Morgan fingerprint density at radius 1 is 1.39 bits per heavy atom. The third-order valence-corrected chi connectivity index (χ3v) is 4.17. The van der Waals surface area contributed by atoms with Gasteiger partial charge in [-0.2, -0.15) is 0 Å². The van der Waals surface area contributed by atoms with Crippen LogP contribution in [0.5, 0.6) is 0 Å². The van der Waals surface area contributed by atoms with E-state index in [1.807, 2.05) is 0 Å². The zero-order chi connectivity index (χ0) is 13.2. The van der Waals surface area contributed by atoms with Crippen molar-refractivity contribution in [1.29, 1.82) is 0 Å². The van der Waals surface area contributed by atoms with E-state index in [1.165, 1.54) is 0 Å². The predicted molar refractivity (Wildman–Crippen MR) is 70.6 cm³/mol. The molecule has 6 heteroatoms. The Hall–Kier alpha value is -0.950. The number of sulfonamides is 1. The number of nitrogens with one attached hydrogen (secondary N) is 1. The number of likely N-dealkylation sites (N-methyl/N-ethyl adjacent to an activating group) is 1. The quantitative estimate of drug-likeness (QED) is 0.814. The number of hydrogen-bond acceptors (Lipinski definition) is 4. The van der Waals surface area contributed by atoms with Crippen LogP contribution in [0.4, 0.5) is 0 Å². The minimum Gasteiger partial charge on any atom is -0.309 e. The van der Waals surface area contributed by atoms with Gasteiger partial charge < -0.3 is 10.2 Å². The Kier molecular flexibility index (Phi) is 4.01. The van der Waals surface area contributed by atoms with Crippen molar-refractivity contribution in [3.63, 3.8) is 0 Å². The fourth-order valence-corrected chi connectivity index (χ4v) is 2.68. The standard InChI is InChI=1S/C12H19N3O2S/c1-15-7-6-11(9-15)14-8-10-2-4-12(5-3-10)18(13,16)17/h2-5,11,14H,6-9H2,1H3,(H2,13,16,17). The summed E-state index contributed by atoms with van der Waals surface area (Å²) in [7, 11) is -1.47. The van der Waals surface area contributed by atoms with E-state index in [4.69, 9.17) is 5.14 Å². The van der Waals surface area contributed by atoms with Gasteiger partial charge in [0.1, 0.15) is 0 Å². The highest BCUT2D eigenvalue weighted by Crippen LogP contribution is 2.10. The van der Waals surface area contributed by atoms with Crippen molar-refractivity contribution in [2.75, 3.05) is 20.1 Å². The lowest BCUT2D eigenvalue weighted by Crippen LogP contribution is -2.30. The number of nitrogens with zero attached hydrogens (tertiary/aromatic N) is 1. The molecule has 18 heavy (non-hydrogen) atoms. The van der Waals surface area contributed by atoms with Crippen LogP contribution in [-0.2, 0) is 16.6 Å². The van der Waals surface area contributed by atoms with Gasteiger partial charge >= 0.3 is 0 Å². The maximum absolute atomic E-state index is 11.1. The van der Waals surface area contributed by atoms with E-state index in [9.17, 15) is 8.42 Å². The van der Waals surface area contributed by atoms with Gasteiger partial charge in [-0.05, 0) is 37.7 Å². The molecule has 1 heterocycles. The van der Waals surface area contributed by atoms with Crippen molar-refractivity contribution in [3.8, 4) is 0 Å². The van der Waals surface area contributed by atoms with E-state index < -0.39 is 10.0 Å². The summed E-state index contributed by atoms with van der Waals surface area (Å²) in [5.74, 6) is 0. The van der Waals surface area contributed by atoms with Crippen molar-refractivity contribution < 1.29 is 8.42 Å². The molecular weight excluding hydrogens is 250 g/mol. The molecule has 1 aromatic carbocycles. The molecule has 0 radical (unpaired) electrons. The molecule has 1 unspecified atom stereocenters. The summed E-state index contributed by atoms with van der Waals surface area (Å²) >= 11 is 0. The molecule has 0 aromatic heterocycles. The summed E-state index contributed by atoms with van der Waals surface area (Å²) in [6.07, 6.45) is 1.16. The highest BCUT2D eigenvalue weighted by Gasteiger charge is 2.18. The fraction of sp³-hybridized carbons (Fsp3) is 0.500. The summed E-state index contributed by atoms with van der Waals surface area (Å²) in [6, 6.07) is 7.21. The fourth-order valence-electron chi connectivity index (χ4n) is 2.16. The molecule has 0 aliphatic carbocycles. The lowest BCUT2D eigenvalue weighted by molar-refractivity contribution is 0.397. The summed E-state index contributed by atoms with van der Waals surface area (Å²) in [6.45, 7) is 2.95. The van der Waals surface area contributed by atoms with Gasteiger partial charge in [0, 0.05) is 19.1 Å². The van der Waals surface area contributed by atoms with Gasteiger partial charge in [-0.25, -0.2) is 13.6 Å². The summed E-state index contributed by atoms with van der Waals surface area (Å²) in [4.78, 5) is 2.45. The van der Waals surface area contributed by atoms with Gasteiger partial charge in [0.05, 0.1) is 4.90 Å². The van der Waals surface area contributed by atoms with Gasteiger partial charge in [-0.1, -0.05) is 12.1 Å². The second-order valence-electron chi connectivity index (χ2n) is 4.82. The molecule has 3 N–H and O–H groups in total. The molecule has 1 aromatic rings. The third kappa shape index (κ3) is 3.52. The van der Waals surface area contributed by atoms with E-state index in [-0.39, 0.29) is 4.90 Å². The predicted octanol–water partition coefficient (Wildman–Crippen LogP) is 0.128. The Labute approximate surface area is 108 Å². The highest BCUT2D eigenvalue weighted by atomic mass is 32.2. The average molecular weight is 269 g/mol. The molecule has 5 nitrogen and oxygen atoms in total. The Morgan fingerprint density at radius 2 is 2.06 bits per heavy atom. The molecule has 0 amide bonds. The zero-order valence-electron chi connectivity index (χ0n) is 10.5. The van der Waals surface area contributed by atoms with Crippen molar-refractivity contribution in [2.24, 2.45) is 5.14 Å². The van der Waals surface area contributed by atoms with Gasteiger partial charge in [0.15, 0.2) is 0 Å². The van der Waals surface area contributed by atoms with Crippen LogP contribution in [-0.4, -0.2) is 39.5 Å². The molecule has 1 fully saturated rings. The zero-order valence-corrected chi connectivity index (χ0v) is 11.3. The molecule has 1 atom stereocenters. The Bertz CT molecular complexity index is 499.